The van der Waals surface area contributed by atoms with Crippen LogP contribution in [0, 0.1) is 0 Å². The quantitative estimate of drug-likeness (QED) is 0.289. The first-order chi connectivity index (χ1) is 13.2. The second-order valence-electron chi connectivity index (χ2n) is 9.10. The van der Waals surface area contributed by atoms with Gasteiger partial charge in [-0.1, -0.05) is 89.5 Å². The van der Waals surface area contributed by atoms with Crippen LogP contribution in [0.15, 0.2) is 24.3 Å². The molecule has 1 aromatic rings. The molecule has 0 saturated heterocycles. The zero-order chi connectivity index (χ0) is 21.0. The van der Waals surface area contributed by atoms with Crippen LogP contribution < -0.4 is 0 Å². The van der Waals surface area contributed by atoms with Crippen LogP contribution in [0.1, 0.15) is 122 Å². The van der Waals surface area contributed by atoms with Gasteiger partial charge in [0.1, 0.15) is 5.60 Å². The third kappa shape index (κ3) is 10.3. The first-order valence-corrected chi connectivity index (χ1v) is 11.2. The van der Waals surface area contributed by atoms with E-state index in [0.717, 1.165) is 17.5 Å². The van der Waals surface area contributed by atoms with E-state index in [1.165, 1.54) is 51.4 Å². The Hall–Kier alpha value is -1.35. The second-order valence-corrected chi connectivity index (χ2v) is 9.10. The normalized spacial score (nSPS) is 13.9. The zero-order valence-electron chi connectivity index (χ0n) is 18.8. The number of hydrogen-bond donors (Lipinski definition) is 1. The highest BCUT2D eigenvalue weighted by molar-refractivity contribution is 5.70. The SMILES string of the molecule is CCCCCCCCCCC(C)c1ccccc1C(O)CC(=O)OC(C)(C)C. The minimum absolute atomic E-state index is 0.00123. The molecular weight excluding hydrogens is 348 g/mol. The third-order valence-electron chi connectivity index (χ3n) is 5.16. The molecule has 0 aliphatic carbocycles. The number of aliphatic hydroxyl groups excluding tert-OH is 1. The van der Waals surface area contributed by atoms with Crippen molar-refractivity contribution >= 4 is 5.97 Å². The fraction of sp³-hybridized carbons (Fsp3) is 0.720. The van der Waals surface area contributed by atoms with Gasteiger partial charge < -0.3 is 9.84 Å². The summed E-state index contributed by atoms with van der Waals surface area (Å²) in [5.41, 5.74) is 1.49. The lowest BCUT2D eigenvalue weighted by molar-refractivity contribution is -0.157. The molecule has 0 heterocycles. The molecule has 3 nitrogen and oxygen atoms in total. The van der Waals surface area contributed by atoms with Gasteiger partial charge in [0, 0.05) is 0 Å². The molecule has 0 fully saturated rings. The van der Waals surface area contributed by atoms with E-state index in [9.17, 15) is 9.90 Å². The molecular formula is C25H42O3. The van der Waals surface area contributed by atoms with Gasteiger partial charge in [0.05, 0.1) is 12.5 Å². The molecule has 2 unspecified atom stereocenters. The van der Waals surface area contributed by atoms with Crippen LogP contribution in [0.5, 0.6) is 0 Å². The molecule has 0 bridgehead atoms. The van der Waals surface area contributed by atoms with Crippen molar-refractivity contribution in [1.29, 1.82) is 0 Å². The topological polar surface area (TPSA) is 46.5 Å². The van der Waals surface area contributed by atoms with Crippen LogP contribution in [0.25, 0.3) is 0 Å². The number of hydrogen-bond acceptors (Lipinski definition) is 3. The molecule has 160 valence electrons. The summed E-state index contributed by atoms with van der Waals surface area (Å²) >= 11 is 0. The summed E-state index contributed by atoms with van der Waals surface area (Å²) in [5, 5.41) is 10.6. The molecule has 0 saturated carbocycles. The Morgan fingerprint density at radius 1 is 0.964 bits per heavy atom. The Balaban J connectivity index is 2.49. The largest absolute Gasteiger partial charge is 0.460 e. The summed E-state index contributed by atoms with van der Waals surface area (Å²) in [6.07, 6.45) is 10.9. The van der Waals surface area contributed by atoms with Gasteiger partial charge in [-0.2, -0.15) is 0 Å². The van der Waals surface area contributed by atoms with Crippen LogP contribution in [0.3, 0.4) is 0 Å². The third-order valence-corrected chi connectivity index (χ3v) is 5.16. The highest BCUT2D eigenvalue weighted by atomic mass is 16.6. The van der Waals surface area contributed by atoms with E-state index < -0.39 is 11.7 Å². The lowest BCUT2D eigenvalue weighted by Gasteiger charge is -2.23. The molecule has 0 aliphatic heterocycles. The van der Waals surface area contributed by atoms with Gasteiger partial charge in [0.15, 0.2) is 0 Å². The molecule has 0 amide bonds. The number of ether oxygens (including phenoxy) is 1. The van der Waals surface area contributed by atoms with Gasteiger partial charge in [-0.25, -0.2) is 0 Å². The van der Waals surface area contributed by atoms with Crippen molar-refractivity contribution in [1.82, 2.24) is 0 Å². The van der Waals surface area contributed by atoms with E-state index in [1.54, 1.807) is 0 Å². The fourth-order valence-corrected chi connectivity index (χ4v) is 3.65. The van der Waals surface area contributed by atoms with Gasteiger partial charge in [0.2, 0.25) is 0 Å². The summed E-state index contributed by atoms with van der Waals surface area (Å²) in [6.45, 7) is 10.0. The fourth-order valence-electron chi connectivity index (χ4n) is 3.65. The average Bonchev–Trinajstić information content (AvgIpc) is 2.62. The smallest absolute Gasteiger partial charge is 0.309 e. The van der Waals surface area contributed by atoms with Crippen molar-refractivity contribution in [2.75, 3.05) is 0 Å². The molecule has 2 atom stereocenters. The van der Waals surface area contributed by atoms with E-state index >= 15 is 0 Å². The summed E-state index contributed by atoms with van der Waals surface area (Å²) in [5.74, 6) is 0.0232. The van der Waals surface area contributed by atoms with Crippen molar-refractivity contribution < 1.29 is 14.6 Å². The van der Waals surface area contributed by atoms with Crippen LogP contribution >= 0.6 is 0 Å². The Morgan fingerprint density at radius 2 is 1.50 bits per heavy atom. The number of aliphatic hydroxyl groups is 1. The predicted molar refractivity (Wildman–Crippen MR) is 118 cm³/mol. The number of carbonyl (C=O) groups is 1. The van der Waals surface area contributed by atoms with Crippen LogP contribution in [0.4, 0.5) is 0 Å². The van der Waals surface area contributed by atoms with Gasteiger partial charge in [-0.05, 0) is 44.2 Å². The van der Waals surface area contributed by atoms with E-state index in [1.807, 2.05) is 39.0 Å². The Bertz CT molecular complexity index is 559. The summed E-state index contributed by atoms with van der Waals surface area (Å²) in [4.78, 5) is 12.1. The van der Waals surface area contributed by atoms with E-state index in [4.69, 9.17) is 4.74 Å². The summed E-state index contributed by atoms with van der Waals surface area (Å²) in [6, 6.07) is 7.97. The van der Waals surface area contributed by atoms with Gasteiger partial charge >= 0.3 is 5.97 Å². The number of rotatable bonds is 13. The summed E-state index contributed by atoms with van der Waals surface area (Å²) < 4.78 is 5.36. The molecule has 3 heteroatoms. The Labute approximate surface area is 172 Å². The van der Waals surface area contributed by atoms with E-state index in [-0.39, 0.29) is 12.4 Å². The Morgan fingerprint density at radius 3 is 2.07 bits per heavy atom. The second kappa shape index (κ2) is 13.0. The number of esters is 1. The monoisotopic (exact) mass is 390 g/mol. The van der Waals surface area contributed by atoms with Crippen molar-refractivity contribution in [2.45, 2.75) is 116 Å². The minimum atomic E-state index is -0.813. The zero-order valence-corrected chi connectivity index (χ0v) is 18.8. The standard InChI is InChI=1S/C25H42O3/c1-6-7-8-9-10-11-12-13-16-20(2)21-17-14-15-18-22(21)23(26)19-24(27)28-25(3,4)5/h14-15,17-18,20,23,26H,6-13,16,19H2,1-5H3. The van der Waals surface area contributed by atoms with Gasteiger partial charge in [-0.15, -0.1) is 0 Å². The molecule has 0 aliphatic rings. The molecule has 0 aromatic heterocycles. The molecule has 1 N–H and O–H groups in total. The number of benzene rings is 1. The van der Waals surface area contributed by atoms with Crippen LogP contribution in [0.2, 0.25) is 0 Å². The maximum Gasteiger partial charge on any atom is 0.309 e. The van der Waals surface area contributed by atoms with Crippen molar-refractivity contribution in [2.24, 2.45) is 0 Å². The molecule has 1 aromatic carbocycles. The number of carbonyl (C=O) groups excluding carboxylic acids is 1. The molecule has 0 spiro atoms. The molecule has 28 heavy (non-hydrogen) atoms. The van der Waals surface area contributed by atoms with Crippen molar-refractivity contribution in [3.05, 3.63) is 35.4 Å². The maximum atomic E-state index is 12.1. The average molecular weight is 391 g/mol. The first-order valence-electron chi connectivity index (χ1n) is 11.2. The van der Waals surface area contributed by atoms with Gasteiger partial charge in [0.25, 0.3) is 0 Å². The highest BCUT2D eigenvalue weighted by Crippen LogP contribution is 2.30. The minimum Gasteiger partial charge on any atom is -0.460 e. The number of unbranched alkanes of at least 4 members (excludes halogenated alkanes) is 7. The molecule has 0 radical (unpaired) electrons. The van der Waals surface area contributed by atoms with Crippen molar-refractivity contribution in [3.8, 4) is 0 Å². The summed E-state index contributed by atoms with van der Waals surface area (Å²) in [7, 11) is 0. The van der Waals surface area contributed by atoms with Gasteiger partial charge in [-0.3, -0.25) is 4.79 Å². The van der Waals surface area contributed by atoms with Crippen LogP contribution in [-0.2, 0) is 9.53 Å². The maximum absolute atomic E-state index is 12.1. The lowest BCUT2D eigenvalue weighted by atomic mass is 9.88. The van der Waals surface area contributed by atoms with E-state index in [2.05, 4.69) is 19.9 Å². The van der Waals surface area contributed by atoms with E-state index in [0.29, 0.717) is 5.92 Å². The first kappa shape index (κ1) is 24.7. The highest BCUT2D eigenvalue weighted by Gasteiger charge is 2.22. The van der Waals surface area contributed by atoms with Crippen LogP contribution in [-0.4, -0.2) is 16.7 Å². The predicted octanol–water partition coefficient (Wildman–Crippen LogP) is 7.09. The van der Waals surface area contributed by atoms with Crippen molar-refractivity contribution in [3.63, 3.8) is 0 Å². The lowest BCUT2D eigenvalue weighted by Crippen LogP contribution is -2.25. The molecule has 1 rings (SSSR count). The Kier molecular flexibility index (Phi) is 11.4.